The van der Waals surface area contributed by atoms with Crippen LogP contribution in [-0.4, -0.2) is 38.7 Å². The molecule has 0 unspecified atom stereocenters. The molecule has 0 aromatic heterocycles. The standard InChI is InChI=1S/C17H21NO2S.CH4O3S/c1-19-17-12-15(18)8-9-16(17)20-10-5-11-21-13-14-6-3-2-4-7-14;1-5(2,3)4/h2-4,6-9,12H,5,10-11,13,18H2,1H3;1H3,(H,2,3,4)/p-1. The summed E-state index contributed by atoms with van der Waals surface area (Å²) in [5.74, 6) is 3.56. The van der Waals surface area contributed by atoms with E-state index in [0.29, 0.717) is 24.3 Å². The van der Waals surface area contributed by atoms with Gasteiger partial charge in [0.2, 0.25) is 0 Å². The zero-order valence-corrected chi connectivity index (χ0v) is 16.5. The largest absolute Gasteiger partial charge is 0.748 e. The first kappa shape index (κ1) is 22.1. The van der Waals surface area contributed by atoms with Gasteiger partial charge in [0.1, 0.15) is 0 Å². The van der Waals surface area contributed by atoms with Gasteiger partial charge in [-0.25, -0.2) is 8.42 Å². The van der Waals surface area contributed by atoms with Crippen LogP contribution in [0.1, 0.15) is 12.0 Å². The van der Waals surface area contributed by atoms with Crippen LogP contribution in [0.2, 0.25) is 0 Å². The number of hydrogen-bond donors (Lipinski definition) is 1. The molecule has 0 amide bonds. The van der Waals surface area contributed by atoms with E-state index in [1.807, 2.05) is 30.0 Å². The Bertz CT molecular complexity index is 743. The highest BCUT2D eigenvalue weighted by atomic mass is 32.2. The zero-order chi connectivity index (χ0) is 19.4. The molecule has 0 radical (unpaired) electrons. The fraction of sp³-hybridized carbons (Fsp3) is 0.333. The summed E-state index contributed by atoms with van der Waals surface area (Å²) in [5.41, 5.74) is 7.76. The van der Waals surface area contributed by atoms with Crippen LogP contribution in [0.15, 0.2) is 48.5 Å². The zero-order valence-electron chi connectivity index (χ0n) is 14.9. The molecule has 2 rings (SSSR count). The number of benzene rings is 2. The Kier molecular flexibility index (Phi) is 9.93. The normalized spacial score (nSPS) is 10.6. The van der Waals surface area contributed by atoms with Crippen LogP contribution < -0.4 is 15.2 Å². The molecule has 0 saturated heterocycles. The Morgan fingerprint density at radius 3 is 2.38 bits per heavy atom. The van der Waals surface area contributed by atoms with Gasteiger partial charge in [0.25, 0.3) is 0 Å². The lowest BCUT2D eigenvalue weighted by Crippen LogP contribution is -2.01. The van der Waals surface area contributed by atoms with Gasteiger partial charge in [-0.05, 0) is 29.9 Å². The fourth-order valence-electron chi connectivity index (χ4n) is 1.91. The second-order valence-corrected chi connectivity index (χ2v) is 7.87. The van der Waals surface area contributed by atoms with E-state index in [4.69, 9.17) is 28.2 Å². The third-order valence-electron chi connectivity index (χ3n) is 2.99. The first-order chi connectivity index (χ1) is 12.3. The molecule has 2 aromatic carbocycles. The smallest absolute Gasteiger partial charge is 0.162 e. The number of anilines is 1. The minimum atomic E-state index is -3.92. The molecule has 0 atom stereocenters. The molecule has 2 N–H and O–H groups in total. The van der Waals surface area contributed by atoms with E-state index in [9.17, 15) is 0 Å². The number of hydrogen-bond acceptors (Lipinski definition) is 7. The molecule has 0 bridgehead atoms. The second-order valence-electron chi connectivity index (χ2n) is 5.35. The minimum Gasteiger partial charge on any atom is -0.748 e. The molecular weight excluding hydrogens is 374 g/mol. The quantitative estimate of drug-likeness (QED) is 0.414. The van der Waals surface area contributed by atoms with E-state index in [0.717, 1.165) is 23.7 Å². The Morgan fingerprint density at radius 1 is 1.12 bits per heavy atom. The molecule has 8 heteroatoms. The monoisotopic (exact) mass is 398 g/mol. The number of nitrogens with two attached hydrogens (primary N) is 1. The SMILES string of the molecule is COc1cc(N)ccc1OCCCSCc1ccccc1.CS(=O)(=O)[O-]. The van der Waals surface area contributed by atoms with Crippen LogP contribution in [0.4, 0.5) is 5.69 Å². The Morgan fingerprint density at radius 2 is 1.77 bits per heavy atom. The number of rotatable bonds is 8. The second kappa shape index (κ2) is 11.7. The third kappa shape index (κ3) is 10.9. The molecule has 0 heterocycles. The van der Waals surface area contributed by atoms with E-state index in [-0.39, 0.29) is 0 Å². The summed E-state index contributed by atoms with van der Waals surface area (Å²) < 4.78 is 38.2. The van der Waals surface area contributed by atoms with Gasteiger partial charge in [0, 0.05) is 23.8 Å². The van der Waals surface area contributed by atoms with E-state index >= 15 is 0 Å². The van der Waals surface area contributed by atoms with Crippen LogP contribution >= 0.6 is 11.8 Å². The summed E-state index contributed by atoms with van der Waals surface area (Å²) in [6.45, 7) is 0.683. The van der Waals surface area contributed by atoms with Gasteiger partial charge in [-0.1, -0.05) is 30.3 Å². The molecule has 0 aliphatic rings. The summed E-state index contributed by atoms with van der Waals surface area (Å²) >= 11 is 1.92. The van der Waals surface area contributed by atoms with Crippen molar-refractivity contribution in [3.63, 3.8) is 0 Å². The van der Waals surface area contributed by atoms with Gasteiger partial charge < -0.3 is 19.8 Å². The summed E-state index contributed by atoms with van der Waals surface area (Å²) in [4.78, 5) is 0. The van der Waals surface area contributed by atoms with E-state index < -0.39 is 10.1 Å². The highest BCUT2D eigenvalue weighted by Crippen LogP contribution is 2.29. The maximum absolute atomic E-state index is 9.08. The molecule has 6 nitrogen and oxygen atoms in total. The average molecular weight is 399 g/mol. The molecular formula is C18H24NO5S2-. The molecule has 0 aliphatic carbocycles. The summed E-state index contributed by atoms with van der Waals surface area (Å²) in [5, 5.41) is 0. The molecule has 144 valence electrons. The molecule has 26 heavy (non-hydrogen) atoms. The lowest BCUT2D eigenvalue weighted by Gasteiger charge is -2.11. The van der Waals surface area contributed by atoms with Crippen molar-refractivity contribution >= 4 is 27.6 Å². The topological polar surface area (TPSA) is 102 Å². The van der Waals surface area contributed by atoms with Crippen molar-refractivity contribution in [1.82, 2.24) is 0 Å². The minimum absolute atomic E-state index is 0.604. The van der Waals surface area contributed by atoms with Crippen molar-refractivity contribution in [2.45, 2.75) is 12.2 Å². The van der Waals surface area contributed by atoms with Crippen molar-refractivity contribution < 1.29 is 22.4 Å². The van der Waals surface area contributed by atoms with Crippen molar-refractivity contribution in [3.05, 3.63) is 54.1 Å². The fourth-order valence-corrected chi connectivity index (χ4v) is 2.81. The summed E-state index contributed by atoms with van der Waals surface area (Å²) in [7, 11) is -2.29. The highest BCUT2D eigenvalue weighted by Gasteiger charge is 2.04. The van der Waals surface area contributed by atoms with Gasteiger partial charge in [-0.15, -0.1) is 0 Å². The molecule has 0 saturated carbocycles. The first-order valence-electron chi connectivity index (χ1n) is 7.88. The number of nitrogen functional groups attached to an aromatic ring is 1. The third-order valence-corrected chi connectivity index (χ3v) is 4.10. The van der Waals surface area contributed by atoms with Gasteiger partial charge in [-0.2, -0.15) is 11.8 Å². The van der Waals surface area contributed by atoms with Gasteiger partial charge in [-0.3, -0.25) is 0 Å². The van der Waals surface area contributed by atoms with Gasteiger partial charge >= 0.3 is 0 Å². The van der Waals surface area contributed by atoms with Crippen LogP contribution in [0, 0.1) is 0 Å². The Hall–Kier alpha value is -1.90. The van der Waals surface area contributed by atoms with Crippen LogP contribution in [-0.2, 0) is 15.9 Å². The number of ether oxygens (including phenoxy) is 2. The van der Waals surface area contributed by atoms with Gasteiger partial charge in [0.05, 0.1) is 23.8 Å². The maximum Gasteiger partial charge on any atom is 0.162 e. The van der Waals surface area contributed by atoms with Crippen molar-refractivity contribution in [1.29, 1.82) is 0 Å². The Balaban J connectivity index is 0.000000597. The first-order valence-corrected chi connectivity index (χ1v) is 10.9. The van der Waals surface area contributed by atoms with Gasteiger partial charge in [0.15, 0.2) is 11.5 Å². The molecule has 0 spiro atoms. The summed E-state index contributed by atoms with van der Waals surface area (Å²) in [6.07, 6.45) is 1.61. The van der Waals surface area contributed by atoms with Crippen LogP contribution in [0.3, 0.4) is 0 Å². The van der Waals surface area contributed by atoms with Crippen molar-refractivity contribution in [2.75, 3.05) is 31.5 Å². The van der Waals surface area contributed by atoms with Crippen LogP contribution in [0.5, 0.6) is 11.5 Å². The van der Waals surface area contributed by atoms with E-state index in [1.165, 1.54) is 5.56 Å². The lowest BCUT2D eigenvalue weighted by atomic mass is 10.2. The highest BCUT2D eigenvalue weighted by molar-refractivity contribution is 7.98. The number of methoxy groups -OCH3 is 1. The molecule has 2 aromatic rings. The van der Waals surface area contributed by atoms with E-state index in [2.05, 4.69) is 24.3 Å². The molecule has 0 aliphatic heterocycles. The van der Waals surface area contributed by atoms with E-state index in [1.54, 1.807) is 13.2 Å². The Labute approximate surface area is 159 Å². The van der Waals surface area contributed by atoms with Crippen LogP contribution in [0.25, 0.3) is 0 Å². The number of thioether (sulfide) groups is 1. The predicted octanol–water partition coefficient (Wildman–Crippen LogP) is 3.14. The van der Waals surface area contributed by atoms with Crippen molar-refractivity contribution in [3.8, 4) is 11.5 Å². The lowest BCUT2D eigenvalue weighted by molar-refractivity contribution is 0.295. The predicted molar refractivity (Wildman–Crippen MR) is 106 cm³/mol. The summed E-state index contributed by atoms with van der Waals surface area (Å²) in [6, 6.07) is 16.0. The maximum atomic E-state index is 9.08. The van der Waals surface area contributed by atoms with Crippen molar-refractivity contribution in [2.24, 2.45) is 0 Å². The molecule has 0 fully saturated rings. The average Bonchev–Trinajstić information content (AvgIpc) is 2.58.